The Balaban J connectivity index is 2.57. The zero-order valence-corrected chi connectivity index (χ0v) is 9.34. The highest BCUT2D eigenvalue weighted by atomic mass is 16.6. The minimum absolute atomic E-state index is 0.745. The van der Waals surface area contributed by atoms with Crippen molar-refractivity contribution in [1.82, 2.24) is 10.3 Å². The van der Waals surface area contributed by atoms with Crippen molar-refractivity contribution in [1.29, 1.82) is 0 Å². The van der Waals surface area contributed by atoms with E-state index in [2.05, 4.69) is 23.5 Å². The summed E-state index contributed by atoms with van der Waals surface area (Å²) in [6.07, 6.45) is 11.0. The van der Waals surface area contributed by atoms with Gasteiger partial charge in [-0.3, -0.25) is 0 Å². The van der Waals surface area contributed by atoms with E-state index in [0.29, 0.717) is 0 Å². The molecule has 0 radical (unpaired) electrons. The van der Waals surface area contributed by atoms with E-state index in [0.717, 1.165) is 22.2 Å². The number of rotatable bonds is 4. The highest BCUT2D eigenvalue weighted by Gasteiger charge is 2.07. The Morgan fingerprint density at radius 1 is 0.882 bits per heavy atom. The molecule has 17 heavy (non-hydrogen) atoms. The van der Waals surface area contributed by atoms with Crippen molar-refractivity contribution < 1.29 is 4.63 Å². The third kappa shape index (κ3) is 2.23. The third-order valence-corrected chi connectivity index (χ3v) is 2.30. The van der Waals surface area contributed by atoms with Crippen molar-refractivity contribution in [3.05, 3.63) is 60.7 Å². The van der Waals surface area contributed by atoms with Gasteiger partial charge in [0.05, 0.1) is 0 Å². The van der Waals surface area contributed by atoms with Crippen molar-refractivity contribution in [3.8, 4) is 0 Å². The molecule has 0 N–H and O–H groups in total. The number of fused-ring (bicyclic) bond motifs is 1. The fraction of sp³-hybridized carbons (Fsp3) is 0. The van der Waals surface area contributed by atoms with E-state index in [1.807, 2.05) is 36.4 Å². The largest absolute Gasteiger partial charge is 0.243 e. The molecule has 0 saturated heterocycles. The highest BCUT2D eigenvalue weighted by Crippen LogP contribution is 2.21. The fourth-order valence-corrected chi connectivity index (χ4v) is 1.52. The second-order valence-corrected chi connectivity index (χ2v) is 3.40. The first-order chi connectivity index (χ1) is 8.36. The monoisotopic (exact) mass is 224 g/mol. The molecule has 2 rings (SSSR count). The zero-order chi connectivity index (χ0) is 12.1. The van der Waals surface area contributed by atoms with Gasteiger partial charge in [-0.15, -0.1) is 0 Å². The Bertz CT molecular complexity index is 554. The van der Waals surface area contributed by atoms with Gasteiger partial charge in [-0.1, -0.05) is 61.7 Å². The molecule has 0 aliphatic carbocycles. The molecule has 84 valence electrons. The van der Waals surface area contributed by atoms with Crippen LogP contribution in [0.3, 0.4) is 0 Å². The van der Waals surface area contributed by atoms with Gasteiger partial charge in [0, 0.05) is 11.1 Å². The fourth-order valence-electron chi connectivity index (χ4n) is 1.52. The van der Waals surface area contributed by atoms with E-state index < -0.39 is 0 Å². The molecule has 0 fully saturated rings. The molecule has 0 aliphatic rings. The van der Waals surface area contributed by atoms with Crippen LogP contribution in [-0.4, -0.2) is 10.3 Å². The zero-order valence-electron chi connectivity index (χ0n) is 9.34. The standard InChI is InChI=1S/C14H12N2O/c1-3-5-7-11-9-10-12(8-6-4-2)14-13(11)15-17-16-14/h3-10H,1-2H2. The van der Waals surface area contributed by atoms with Gasteiger partial charge in [0.2, 0.25) is 0 Å². The maximum Gasteiger partial charge on any atom is 0.143 e. The van der Waals surface area contributed by atoms with Crippen LogP contribution in [0, 0.1) is 0 Å². The van der Waals surface area contributed by atoms with Crippen LogP contribution in [0.15, 0.2) is 54.2 Å². The average Bonchev–Trinajstić information content (AvgIpc) is 2.83. The molecular formula is C14H12N2O. The van der Waals surface area contributed by atoms with E-state index in [1.165, 1.54) is 0 Å². The molecule has 1 aromatic heterocycles. The molecule has 1 heterocycles. The lowest BCUT2D eigenvalue weighted by Gasteiger charge is -1.96. The van der Waals surface area contributed by atoms with Gasteiger partial charge >= 0.3 is 0 Å². The molecule has 3 heteroatoms. The van der Waals surface area contributed by atoms with Gasteiger partial charge in [-0.05, 0) is 10.3 Å². The minimum Gasteiger partial charge on any atom is -0.243 e. The molecule has 0 saturated carbocycles. The van der Waals surface area contributed by atoms with E-state index in [4.69, 9.17) is 4.63 Å². The van der Waals surface area contributed by atoms with Crippen LogP contribution in [0.25, 0.3) is 23.2 Å². The normalized spacial score (nSPS) is 11.5. The number of allylic oxidation sites excluding steroid dienone is 4. The van der Waals surface area contributed by atoms with Crippen LogP contribution >= 0.6 is 0 Å². The minimum atomic E-state index is 0.745. The summed E-state index contributed by atoms with van der Waals surface area (Å²) in [4.78, 5) is 0. The maximum atomic E-state index is 4.79. The Morgan fingerprint density at radius 3 is 1.76 bits per heavy atom. The lowest BCUT2D eigenvalue weighted by molar-refractivity contribution is 0.315. The summed E-state index contributed by atoms with van der Waals surface area (Å²) in [5, 5.41) is 7.82. The van der Waals surface area contributed by atoms with Gasteiger partial charge in [-0.25, -0.2) is 4.63 Å². The summed E-state index contributed by atoms with van der Waals surface area (Å²) >= 11 is 0. The second-order valence-electron chi connectivity index (χ2n) is 3.40. The van der Waals surface area contributed by atoms with E-state index in [1.54, 1.807) is 12.2 Å². The lowest BCUT2D eigenvalue weighted by atomic mass is 10.1. The van der Waals surface area contributed by atoms with E-state index in [-0.39, 0.29) is 0 Å². The van der Waals surface area contributed by atoms with Crippen LogP contribution in [0.1, 0.15) is 11.1 Å². The SMILES string of the molecule is C=CC=Cc1ccc(C=CC=C)c2nonc12. The summed E-state index contributed by atoms with van der Waals surface area (Å²) in [6.45, 7) is 7.27. The summed E-state index contributed by atoms with van der Waals surface area (Å²) in [7, 11) is 0. The van der Waals surface area contributed by atoms with Gasteiger partial charge in [-0.2, -0.15) is 0 Å². The van der Waals surface area contributed by atoms with Crippen molar-refractivity contribution in [2.45, 2.75) is 0 Å². The van der Waals surface area contributed by atoms with Crippen molar-refractivity contribution in [2.24, 2.45) is 0 Å². The number of benzene rings is 1. The molecule has 0 aliphatic heterocycles. The summed E-state index contributed by atoms with van der Waals surface area (Å²) < 4.78 is 4.79. The molecule has 0 amide bonds. The quantitative estimate of drug-likeness (QED) is 0.744. The molecule has 1 aromatic carbocycles. The molecular weight excluding hydrogens is 212 g/mol. The Morgan fingerprint density at radius 2 is 1.35 bits per heavy atom. The maximum absolute atomic E-state index is 4.79. The third-order valence-electron chi connectivity index (χ3n) is 2.30. The van der Waals surface area contributed by atoms with E-state index >= 15 is 0 Å². The molecule has 3 nitrogen and oxygen atoms in total. The predicted molar refractivity (Wildman–Crippen MR) is 70.3 cm³/mol. The smallest absolute Gasteiger partial charge is 0.143 e. The molecule has 0 spiro atoms. The van der Waals surface area contributed by atoms with Crippen molar-refractivity contribution in [2.75, 3.05) is 0 Å². The number of hydrogen-bond acceptors (Lipinski definition) is 3. The number of hydrogen-bond donors (Lipinski definition) is 0. The predicted octanol–water partition coefficient (Wildman–Crippen LogP) is 3.62. The molecule has 2 aromatic rings. The Kier molecular flexibility index (Phi) is 3.31. The first kappa shape index (κ1) is 11.1. The lowest BCUT2D eigenvalue weighted by Crippen LogP contribution is -1.81. The second kappa shape index (κ2) is 5.07. The van der Waals surface area contributed by atoms with Crippen LogP contribution in [0.2, 0.25) is 0 Å². The van der Waals surface area contributed by atoms with Gasteiger partial charge in [0.15, 0.2) is 0 Å². The number of aromatic nitrogens is 2. The van der Waals surface area contributed by atoms with Crippen LogP contribution in [0.5, 0.6) is 0 Å². The van der Waals surface area contributed by atoms with Gasteiger partial charge in [0.1, 0.15) is 11.0 Å². The van der Waals surface area contributed by atoms with Crippen LogP contribution in [0.4, 0.5) is 0 Å². The van der Waals surface area contributed by atoms with Crippen molar-refractivity contribution >= 4 is 23.2 Å². The van der Waals surface area contributed by atoms with E-state index in [9.17, 15) is 0 Å². The molecule has 0 unspecified atom stereocenters. The van der Waals surface area contributed by atoms with Crippen molar-refractivity contribution in [3.63, 3.8) is 0 Å². The van der Waals surface area contributed by atoms with Crippen LogP contribution < -0.4 is 0 Å². The Hall–Kier alpha value is -2.42. The highest BCUT2D eigenvalue weighted by molar-refractivity contribution is 5.90. The summed E-state index contributed by atoms with van der Waals surface area (Å²) in [5.74, 6) is 0. The van der Waals surface area contributed by atoms with Gasteiger partial charge in [0.25, 0.3) is 0 Å². The Labute approximate surface area is 99.4 Å². The summed E-state index contributed by atoms with van der Waals surface area (Å²) in [5.41, 5.74) is 3.40. The first-order valence-corrected chi connectivity index (χ1v) is 5.20. The average molecular weight is 224 g/mol. The summed E-state index contributed by atoms with van der Waals surface area (Å²) in [6, 6.07) is 3.94. The number of nitrogens with zero attached hydrogens (tertiary/aromatic N) is 2. The molecule has 0 atom stereocenters. The molecule has 0 bridgehead atoms. The van der Waals surface area contributed by atoms with Gasteiger partial charge < -0.3 is 0 Å². The van der Waals surface area contributed by atoms with Crippen LogP contribution in [-0.2, 0) is 0 Å². The topological polar surface area (TPSA) is 38.9 Å². The first-order valence-electron chi connectivity index (χ1n) is 5.20.